The number of nitriles is 1. The smallest absolute Gasteiger partial charge is 0.332 e. The molecule has 0 bridgehead atoms. The van der Waals surface area contributed by atoms with Gasteiger partial charge in [0.15, 0.2) is 17.1 Å². The van der Waals surface area contributed by atoms with E-state index >= 15 is 0 Å². The van der Waals surface area contributed by atoms with Crippen LogP contribution in [0.3, 0.4) is 0 Å². The highest BCUT2D eigenvalue weighted by Gasteiger charge is 2.17. The summed E-state index contributed by atoms with van der Waals surface area (Å²) in [5.74, 6) is 1.33. The molecule has 1 aromatic carbocycles. The fourth-order valence-electron chi connectivity index (χ4n) is 2.35. The first kappa shape index (κ1) is 14.7. The zero-order valence-corrected chi connectivity index (χ0v) is 12.6. The number of anilines is 2. The van der Waals surface area contributed by atoms with E-state index in [0.29, 0.717) is 30.4 Å². The molecular formula is C15H14N4O4. The van der Waals surface area contributed by atoms with Crippen LogP contribution >= 0.6 is 0 Å². The molecule has 23 heavy (non-hydrogen) atoms. The average molecular weight is 314 g/mol. The molecule has 0 spiro atoms. The van der Waals surface area contributed by atoms with Crippen molar-refractivity contribution in [2.75, 3.05) is 18.5 Å². The van der Waals surface area contributed by atoms with E-state index in [-0.39, 0.29) is 11.4 Å². The number of hydrogen-bond donors (Lipinski definition) is 1. The first-order valence-electron chi connectivity index (χ1n) is 6.89. The molecule has 3 rings (SSSR count). The molecule has 1 N–H and O–H groups in total. The van der Waals surface area contributed by atoms with E-state index in [4.69, 9.17) is 9.47 Å². The fraction of sp³-hybridized carbons (Fsp3) is 0.267. The number of nitrogens with one attached hydrogen (secondary N) is 1. The Labute approximate surface area is 131 Å². The topological polar surface area (TPSA) is 98.3 Å². The van der Waals surface area contributed by atoms with E-state index in [1.807, 2.05) is 6.07 Å². The molecule has 0 saturated carbocycles. The van der Waals surface area contributed by atoms with E-state index in [9.17, 15) is 14.9 Å². The van der Waals surface area contributed by atoms with Gasteiger partial charge < -0.3 is 14.8 Å². The SMILES string of the molecule is Cn1c(Nc2ccc3c(c2)OCCO3)c(C#N)c(=O)n(C)c1=O. The Bertz CT molecular complexity index is 936. The number of rotatable bonds is 2. The Morgan fingerprint density at radius 3 is 2.52 bits per heavy atom. The van der Waals surface area contributed by atoms with Crippen LogP contribution in [-0.4, -0.2) is 22.3 Å². The number of fused-ring (bicyclic) bond motifs is 1. The van der Waals surface area contributed by atoms with E-state index in [1.54, 1.807) is 18.2 Å². The van der Waals surface area contributed by atoms with Crippen molar-refractivity contribution in [1.29, 1.82) is 5.26 Å². The summed E-state index contributed by atoms with van der Waals surface area (Å²) in [5, 5.41) is 12.2. The van der Waals surface area contributed by atoms with Crippen LogP contribution in [0.25, 0.3) is 0 Å². The van der Waals surface area contributed by atoms with Crippen LogP contribution in [0.5, 0.6) is 11.5 Å². The first-order chi connectivity index (χ1) is 11.0. The maximum Gasteiger partial charge on any atom is 0.332 e. The lowest BCUT2D eigenvalue weighted by Gasteiger charge is -2.20. The first-order valence-corrected chi connectivity index (χ1v) is 6.89. The molecule has 1 aromatic heterocycles. The van der Waals surface area contributed by atoms with Crippen LogP contribution in [0.15, 0.2) is 27.8 Å². The van der Waals surface area contributed by atoms with Crippen molar-refractivity contribution in [2.24, 2.45) is 14.1 Å². The Morgan fingerprint density at radius 1 is 1.13 bits per heavy atom. The maximum atomic E-state index is 12.1. The normalized spacial score (nSPS) is 12.6. The minimum absolute atomic E-state index is 0.135. The maximum absolute atomic E-state index is 12.1. The highest BCUT2D eigenvalue weighted by Crippen LogP contribution is 2.33. The second-order valence-electron chi connectivity index (χ2n) is 5.02. The third kappa shape index (κ3) is 2.42. The summed E-state index contributed by atoms with van der Waals surface area (Å²) >= 11 is 0. The summed E-state index contributed by atoms with van der Waals surface area (Å²) in [6.07, 6.45) is 0. The quantitative estimate of drug-likeness (QED) is 0.865. The third-order valence-electron chi connectivity index (χ3n) is 3.58. The van der Waals surface area contributed by atoms with Crippen molar-refractivity contribution >= 4 is 11.5 Å². The lowest BCUT2D eigenvalue weighted by molar-refractivity contribution is 0.171. The molecule has 0 atom stereocenters. The Balaban J connectivity index is 2.09. The lowest BCUT2D eigenvalue weighted by Crippen LogP contribution is -2.39. The molecule has 8 nitrogen and oxygen atoms in total. The summed E-state index contributed by atoms with van der Waals surface area (Å²) in [7, 11) is 2.82. The van der Waals surface area contributed by atoms with Gasteiger partial charge in [-0.25, -0.2) is 4.79 Å². The van der Waals surface area contributed by atoms with Crippen molar-refractivity contribution in [2.45, 2.75) is 0 Å². The molecule has 1 aliphatic rings. The molecule has 0 fully saturated rings. The number of benzene rings is 1. The van der Waals surface area contributed by atoms with Crippen LogP contribution in [0.2, 0.25) is 0 Å². The van der Waals surface area contributed by atoms with Gasteiger partial charge in [-0.3, -0.25) is 13.9 Å². The van der Waals surface area contributed by atoms with Gasteiger partial charge in [0.25, 0.3) is 5.56 Å². The molecule has 1 aliphatic heterocycles. The molecule has 0 amide bonds. The molecular weight excluding hydrogens is 300 g/mol. The highest BCUT2D eigenvalue weighted by atomic mass is 16.6. The molecule has 0 aliphatic carbocycles. The molecule has 118 valence electrons. The van der Waals surface area contributed by atoms with Crippen molar-refractivity contribution in [3.05, 3.63) is 44.6 Å². The van der Waals surface area contributed by atoms with Crippen LogP contribution in [0.4, 0.5) is 11.5 Å². The third-order valence-corrected chi connectivity index (χ3v) is 3.58. The van der Waals surface area contributed by atoms with Gasteiger partial charge in [0.2, 0.25) is 0 Å². The molecule has 2 heterocycles. The van der Waals surface area contributed by atoms with E-state index in [2.05, 4.69) is 5.32 Å². The molecule has 0 saturated heterocycles. The van der Waals surface area contributed by atoms with Crippen molar-refractivity contribution < 1.29 is 9.47 Å². The molecule has 8 heteroatoms. The van der Waals surface area contributed by atoms with Gasteiger partial charge in [0, 0.05) is 25.8 Å². The summed E-state index contributed by atoms with van der Waals surface area (Å²) < 4.78 is 13.0. The van der Waals surface area contributed by atoms with Crippen LogP contribution in [0, 0.1) is 11.3 Å². The van der Waals surface area contributed by atoms with Gasteiger partial charge in [-0.15, -0.1) is 0 Å². The Kier molecular flexibility index (Phi) is 3.54. The summed E-state index contributed by atoms with van der Waals surface area (Å²) in [6, 6.07) is 6.98. The summed E-state index contributed by atoms with van der Waals surface area (Å²) in [4.78, 5) is 24.1. The van der Waals surface area contributed by atoms with Crippen LogP contribution in [-0.2, 0) is 14.1 Å². The monoisotopic (exact) mass is 314 g/mol. The predicted molar refractivity (Wildman–Crippen MR) is 82.4 cm³/mol. The van der Waals surface area contributed by atoms with Gasteiger partial charge in [-0.2, -0.15) is 5.26 Å². The summed E-state index contributed by atoms with van der Waals surface area (Å²) in [5.41, 5.74) is -0.719. The van der Waals surface area contributed by atoms with Crippen LogP contribution in [0.1, 0.15) is 5.56 Å². The number of ether oxygens (including phenoxy) is 2. The Morgan fingerprint density at radius 2 is 1.83 bits per heavy atom. The number of aromatic nitrogens is 2. The van der Waals surface area contributed by atoms with Gasteiger partial charge >= 0.3 is 5.69 Å². The molecule has 2 aromatic rings. The molecule has 0 unspecified atom stereocenters. The number of nitrogens with zero attached hydrogens (tertiary/aromatic N) is 3. The number of hydrogen-bond acceptors (Lipinski definition) is 6. The van der Waals surface area contributed by atoms with Crippen molar-refractivity contribution in [1.82, 2.24) is 9.13 Å². The second-order valence-corrected chi connectivity index (χ2v) is 5.02. The fourth-order valence-corrected chi connectivity index (χ4v) is 2.35. The average Bonchev–Trinajstić information content (AvgIpc) is 2.58. The minimum Gasteiger partial charge on any atom is -0.486 e. The van der Waals surface area contributed by atoms with E-state index in [0.717, 1.165) is 4.57 Å². The zero-order valence-electron chi connectivity index (χ0n) is 12.6. The molecule has 0 radical (unpaired) electrons. The predicted octanol–water partition coefficient (Wildman–Crippen LogP) is 0.470. The van der Waals surface area contributed by atoms with Crippen molar-refractivity contribution in [3.63, 3.8) is 0 Å². The van der Waals surface area contributed by atoms with E-state index < -0.39 is 11.2 Å². The largest absolute Gasteiger partial charge is 0.486 e. The Hall–Kier alpha value is -3.21. The van der Waals surface area contributed by atoms with Crippen molar-refractivity contribution in [3.8, 4) is 17.6 Å². The van der Waals surface area contributed by atoms with Gasteiger partial charge in [0.1, 0.15) is 25.1 Å². The highest BCUT2D eigenvalue weighted by molar-refractivity contribution is 5.65. The zero-order chi connectivity index (χ0) is 16.6. The van der Waals surface area contributed by atoms with Gasteiger partial charge in [0.05, 0.1) is 0 Å². The van der Waals surface area contributed by atoms with Crippen LogP contribution < -0.4 is 26.0 Å². The van der Waals surface area contributed by atoms with E-state index in [1.165, 1.54) is 18.7 Å². The standard InChI is InChI=1S/C15H14N4O4/c1-18-13(10(8-16)14(20)19(2)15(18)21)17-9-3-4-11-12(7-9)23-6-5-22-11/h3-4,7,17H,5-6H2,1-2H3. The summed E-state index contributed by atoms with van der Waals surface area (Å²) in [6.45, 7) is 0.936. The second kappa shape index (κ2) is 5.53. The lowest BCUT2D eigenvalue weighted by atomic mass is 10.2. The minimum atomic E-state index is -0.643. The van der Waals surface area contributed by atoms with Gasteiger partial charge in [-0.1, -0.05) is 0 Å². The van der Waals surface area contributed by atoms with Gasteiger partial charge in [-0.05, 0) is 12.1 Å².